The molecule has 3 rings (SSSR count). The Morgan fingerprint density at radius 1 is 1.00 bits per heavy atom. The number of rotatable bonds is 2. The highest BCUT2D eigenvalue weighted by Gasteiger charge is 2.13. The van der Waals surface area contributed by atoms with Gasteiger partial charge in [0.1, 0.15) is 0 Å². The normalized spacial score (nSPS) is 14.2. The number of aryl methyl sites for hydroxylation is 2. The largest absolute Gasteiger partial charge is 0.312 e. The third-order valence-electron chi connectivity index (χ3n) is 4.25. The summed E-state index contributed by atoms with van der Waals surface area (Å²) in [5.41, 5.74) is 8.88. The molecule has 98 valence electrons. The van der Waals surface area contributed by atoms with Gasteiger partial charge in [-0.2, -0.15) is 0 Å². The SMILES string of the molecule is Cc1cccc(C)c1Cc1cccc2c1CCNC2. The fourth-order valence-electron chi connectivity index (χ4n) is 3.09. The topological polar surface area (TPSA) is 12.0 Å². The van der Waals surface area contributed by atoms with E-state index in [1.54, 1.807) is 5.56 Å². The third-order valence-corrected chi connectivity index (χ3v) is 4.25. The van der Waals surface area contributed by atoms with E-state index in [4.69, 9.17) is 0 Å². The van der Waals surface area contributed by atoms with Gasteiger partial charge in [-0.1, -0.05) is 36.4 Å². The van der Waals surface area contributed by atoms with Gasteiger partial charge in [0.15, 0.2) is 0 Å². The zero-order chi connectivity index (χ0) is 13.2. The Bertz CT molecular complexity index is 578. The molecule has 0 atom stereocenters. The van der Waals surface area contributed by atoms with E-state index in [1.165, 1.54) is 27.8 Å². The van der Waals surface area contributed by atoms with Crippen molar-refractivity contribution in [1.82, 2.24) is 5.32 Å². The molecule has 2 aromatic carbocycles. The van der Waals surface area contributed by atoms with Crippen LogP contribution in [0.3, 0.4) is 0 Å². The van der Waals surface area contributed by atoms with E-state index >= 15 is 0 Å². The Morgan fingerprint density at radius 3 is 2.53 bits per heavy atom. The van der Waals surface area contributed by atoms with Crippen molar-refractivity contribution in [3.8, 4) is 0 Å². The summed E-state index contributed by atoms with van der Waals surface area (Å²) in [6.07, 6.45) is 2.23. The molecule has 0 amide bonds. The lowest BCUT2D eigenvalue weighted by Gasteiger charge is -2.21. The van der Waals surface area contributed by atoms with Crippen LogP contribution < -0.4 is 5.32 Å². The minimum atomic E-state index is 1.02. The van der Waals surface area contributed by atoms with Gasteiger partial charge in [-0.05, 0) is 66.6 Å². The summed E-state index contributed by atoms with van der Waals surface area (Å²) in [7, 11) is 0. The van der Waals surface area contributed by atoms with Crippen LogP contribution in [0.2, 0.25) is 0 Å². The van der Waals surface area contributed by atoms with Crippen molar-refractivity contribution in [3.63, 3.8) is 0 Å². The van der Waals surface area contributed by atoms with Crippen LogP contribution in [0.4, 0.5) is 0 Å². The molecule has 0 bridgehead atoms. The summed E-state index contributed by atoms with van der Waals surface area (Å²) < 4.78 is 0. The van der Waals surface area contributed by atoms with E-state index in [0.29, 0.717) is 0 Å². The van der Waals surface area contributed by atoms with Gasteiger partial charge in [-0.3, -0.25) is 0 Å². The van der Waals surface area contributed by atoms with Crippen LogP contribution in [0, 0.1) is 13.8 Å². The summed E-state index contributed by atoms with van der Waals surface area (Å²) in [5, 5.41) is 3.45. The first-order chi connectivity index (χ1) is 9.25. The monoisotopic (exact) mass is 251 g/mol. The predicted octanol–water partition coefficient (Wildman–Crippen LogP) is 3.54. The molecule has 0 aliphatic carbocycles. The molecule has 0 saturated heterocycles. The fraction of sp³-hybridized carbons (Fsp3) is 0.333. The average Bonchev–Trinajstić information content (AvgIpc) is 2.43. The van der Waals surface area contributed by atoms with Gasteiger partial charge < -0.3 is 5.32 Å². The molecule has 0 spiro atoms. The summed E-state index contributed by atoms with van der Waals surface area (Å²) in [4.78, 5) is 0. The first-order valence-corrected chi connectivity index (χ1v) is 7.11. The predicted molar refractivity (Wildman–Crippen MR) is 80.6 cm³/mol. The highest BCUT2D eigenvalue weighted by Crippen LogP contribution is 2.24. The second-order valence-electron chi connectivity index (χ2n) is 5.53. The summed E-state index contributed by atoms with van der Waals surface area (Å²) in [5.74, 6) is 0. The van der Waals surface area contributed by atoms with Crippen LogP contribution >= 0.6 is 0 Å². The van der Waals surface area contributed by atoms with Crippen LogP contribution in [0.15, 0.2) is 36.4 Å². The first kappa shape index (κ1) is 12.4. The van der Waals surface area contributed by atoms with Gasteiger partial charge in [0.2, 0.25) is 0 Å². The van der Waals surface area contributed by atoms with Gasteiger partial charge in [-0.15, -0.1) is 0 Å². The minimum Gasteiger partial charge on any atom is -0.312 e. The van der Waals surface area contributed by atoms with Crippen molar-refractivity contribution in [1.29, 1.82) is 0 Å². The molecule has 1 aliphatic heterocycles. The second-order valence-corrected chi connectivity index (χ2v) is 5.53. The smallest absolute Gasteiger partial charge is 0.0208 e. The Kier molecular flexibility index (Phi) is 3.39. The van der Waals surface area contributed by atoms with Gasteiger partial charge in [-0.25, -0.2) is 0 Å². The maximum atomic E-state index is 3.45. The molecule has 0 unspecified atom stereocenters. The zero-order valence-corrected chi connectivity index (χ0v) is 11.8. The molecule has 0 saturated carbocycles. The molecule has 2 aromatic rings. The molecule has 1 N–H and O–H groups in total. The Labute approximate surface area is 115 Å². The number of hydrogen-bond acceptors (Lipinski definition) is 1. The van der Waals surface area contributed by atoms with E-state index in [-0.39, 0.29) is 0 Å². The van der Waals surface area contributed by atoms with E-state index in [1.807, 2.05) is 0 Å². The summed E-state index contributed by atoms with van der Waals surface area (Å²) in [6, 6.07) is 13.4. The van der Waals surface area contributed by atoms with Crippen molar-refractivity contribution >= 4 is 0 Å². The highest BCUT2D eigenvalue weighted by atomic mass is 14.9. The van der Waals surface area contributed by atoms with E-state index in [0.717, 1.165) is 25.9 Å². The van der Waals surface area contributed by atoms with Crippen molar-refractivity contribution in [2.45, 2.75) is 33.2 Å². The third kappa shape index (κ3) is 2.43. The Balaban J connectivity index is 2.00. The summed E-state index contributed by atoms with van der Waals surface area (Å²) >= 11 is 0. The van der Waals surface area contributed by atoms with Gasteiger partial charge in [0.05, 0.1) is 0 Å². The van der Waals surface area contributed by atoms with Crippen molar-refractivity contribution in [2.24, 2.45) is 0 Å². The lowest BCUT2D eigenvalue weighted by atomic mass is 9.89. The maximum Gasteiger partial charge on any atom is 0.0208 e. The summed E-state index contributed by atoms with van der Waals surface area (Å²) in [6.45, 7) is 6.57. The van der Waals surface area contributed by atoms with Crippen molar-refractivity contribution in [2.75, 3.05) is 6.54 Å². The quantitative estimate of drug-likeness (QED) is 0.861. The molecule has 0 radical (unpaired) electrons. The Hall–Kier alpha value is -1.60. The molecule has 1 heterocycles. The highest BCUT2D eigenvalue weighted by molar-refractivity contribution is 5.43. The molecule has 0 fully saturated rings. The second kappa shape index (κ2) is 5.18. The molecule has 1 aliphatic rings. The molecular weight excluding hydrogens is 230 g/mol. The van der Waals surface area contributed by atoms with Crippen molar-refractivity contribution in [3.05, 3.63) is 69.8 Å². The number of nitrogens with one attached hydrogen (secondary N) is 1. The number of benzene rings is 2. The Morgan fingerprint density at radius 2 is 1.74 bits per heavy atom. The molecule has 1 nitrogen and oxygen atoms in total. The van der Waals surface area contributed by atoms with Crippen LogP contribution in [0.1, 0.15) is 33.4 Å². The van der Waals surface area contributed by atoms with Crippen LogP contribution in [-0.2, 0) is 19.4 Å². The minimum absolute atomic E-state index is 1.02. The fourth-order valence-corrected chi connectivity index (χ4v) is 3.09. The maximum absolute atomic E-state index is 3.45. The van der Waals surface area contributed by atoms with Crippen molar-refractivity contribution < 1.29 is 0 Å². The van der Waals surface area contributed by atoms with Crippen LogP contribution in [0.25, 0.3) is 0 Å². The number of fused-ring (bicyclic) bond motifs is 1. The van der Waals surface area contributed by atoms with E-state index in [9.17, 15) is 0 Å². The van der Waals surface area contributed by atoms with E-state index < -0.39 is 0 Å². The van der Waals surface area contributed by atoms with E-state index in [2.05, 4.69) is 55.6 Å². The standard InChI is InChI=1S/C18H21N/c1-13-5-3-6-14(2)18(13)11-15-7-4-8-16-12-19-10-9-17(15)16/h3-8,19H,9-12H2,1-2H3. The lowest BCUT2D eigenvalue weighted by molar-refractivity contribution is 0.639. The molecule has 0 aromatic heterocycles. The molecule has 1 heteroatoms. The van der Waals surface area contributed by atoms with Gasteiger partial charge in [0.25, 0.3) is 0 Å². The molecular formula is C18H21N. The van der Waals surface area contributed by atoms with Gasteiger partial charge in [0, 0.05) is 6.54 Å². The van der Waals surface area contributed by atoms with Crippen LogP contribution in [-0.4, -0.2) is 6.54 Å². The van der Waals surface area contributed by atoms with Gasteiger partial charge >= 0.3 is 0 Å². The first-order valence-electron chi connectivity index (χ1n) is 7.11. The number of hydrogen-bond donors (Lipinski definition) is 1. The van der Waals surface area contributed by atoms with Crippen LogP contribution in [0.5, 0.6) is 0 Å². The molecule has 19 heavy (non-hydrogen) atoms. The zero-order valence-electron chi connectivity index (χ0n) is 11.8. The average molecular weight is 251 g/mol. The lowest BCUT2D eigenvalue weighted by Crippen LogP contribution is -2.24.